The normalized spacial score (nSPS) is 10.5. The molecule has 5 nitrogen and oxygen atoms in total. The molecule has 3 rings (SSSR count). The lowest BCUT2D eigenvalue weighted by Crippen LogP contribution is -2.12. The Morgan fingerprint density at radius 3 is 1.94 bits per heavy atom. The lowest BCUT2D eigenvalue weighted by Gasteiger charge is -2.13. The molecule has 0 saturated heterocycles. The van der Waals surface area contributed by atoms with Gasteiger partial charge < -0.3 is 14.2 Å². The second kappa shape index (κ2) is 11.4. The van der Waals surface area contributed by atoms with Gasteiger partial charge >= 0.3 is 11.9 Å². The van der Waals surface area contributed by atoms with Gasteiger partial charge in [-0.05, 0) is 67.8 Å². The minimum absolute atomic E-state index is 0.0353. The van der Waals surface area contributed by atoms with Crippen LogP contribution in [-0.4, -0.2) is 25.2 Å². The average Bonchev–Trinajstić information content (AvgIpc) is 2.82. The highest BCUT2D eigenvalue weighted by Gasteiger charge is 2.14. The van der Waals surface area contributed by atoms with E-state index < -0.39 is 23.6 Å². The number of ether oxygens (including phenoxy) is 3. The zero-order valence-electron chi connectivity index (χ0n) is 20.3. The Bertz CT molecular complexity index is 1340. The molecule has 3 aromatic rings. The van der Waals surface area contributed by atoms with Crippen LogP contribution in [0.4, 0.5) is 8.78 Å². The van der Waals surface area contributed by atoms with E-state index in [1.165, 1.54) is 25.1 Å². The fourth-order valence-electron chi connectivity index (χ4n) is 3.29. The van der Waals surface area contributed by atoms with Crippen molar-refractivity contribution in [3.8, 4) is 33.8 Å². The number of benzene rings is 3. The standard InChI is InChI=1S/C29H26F2O5/c1-17(2)28(32)35-13-12-34-27-11-7-20(14-19(27)5)23-9-6-21(15-25(23)30)24-10-8-22(16-26(24)31)36-29(33)18(3)4/h6-11,14-16H,1,3,12-13H2,2,4-5H3. The smallest absolute Gasteiger partial charge is 0.338 e. The number of carbonyl (C=O) groups is 2. The van der Waals surface area contributed by atoms with Crippen molar-refractivity contribution < 1.29 is 32.6 Å². The van der Waals surface area contributed by atoms with Crippen molar-refractivity contribution in [3.05, 3.63) is 96.1 Å². The van der Waals surface area contributed by atoms with Crippen molar-refractivity contribution in [2.45, 2.75) is 20.8 Å². The highest BCUT2D eigenvalue weighted by atomic mass is 19.1. The third kappa shape index (κ3) is 6.44. The Kier molecular flexibility index (Phi) is 8.38. The van der Waals surface area contributed by atoms with E-state index in [2.05, 4.69) is 13.2 Å². The van der Waals surface area contributed by atoms with Gasteiger partial charge in [0.05, 0.1) is 0 Å². The van der Waals surface area contributed by atoms with Crippen molar-refractivity contribution in [2.75, 3.05) is 13.2 Å². The summed E-state index contributed by atoms with van der Waals surface area (Å²) in [5, 5.41) is 0. The van der Waals surface area contributed by atoms with E-state index in [-0.39, 0.29) is 30.1 Å². The molecule has 0 N–H and O–H groups in total. The van der Waals surface area contributed by atoms with Crippen molar-refractivity contribution in [1.82, 2.24) is 0 Å². The number of esters is 2. The second-order valence-electron chi connectivity index (χ2n) is 8.25. The maximum Gasteiger partial charge on any atom is 0.338 e. The molecule has 0 unspecified atom stereocenters. The van der Waals surface area contributed by atoms with E-state index in [9.17, 15) is 14.0 Å². The number of aryl methyl sites for hydroxylation is 1. The highest BCUT2D eigenvalue weighted by Crippen LogP contribution is 2.32. The molecule has 0 aliphatic carbocycles. The highest BCUT2D eigenvalue weighted by molar-refractivity contribution is 5.89. The zero-order chi connectivity index (χ0) is 26.4. The molecule has 0 aliphatic rings. The third-order valence-corrected chi connectivity index (χ3v) is 5.19. The van der Waals surface area contributed by atoms with Crippen LogP contribution in [0.5, 0.6) is 11.5 Å². The van der Waals surface area contributed by atoms with Crippen LogP contribution in [0.15, 0.2) is 78.9 Å². The van der Waals surface area contributed by atoms with Crippen LogP contribution >= 0.6 is 0 Å². The zero-order valence-corrected chi connectivity index (χ0v) is 20.3. The van der Waals surface area contributed by atoms with Gasteiger partial charge in [0.2, 0.25) is 0 Å². The summed E-state index contributed by atoms with van der Waals surface area (Å²) in [5.41, 5.74) is 2.75. The van der Waals surface area contributed by atoms with Gasteiger partial charge in [0.15, 0.2) is 0 Å². The maximum absolute atomic E-state index is 15.0. The first-order valence-electron chi connectivity index (χ1n) is 11.1. The Morgan fingerprint density at radius 2 is 1.36 bits per heavy atom. The van der Waals surface area contributed by atoms with E-state index >= 15 is 4.39 Å². The van der Waals surface area contributed by atoms with Gasteiger partial charge in [-0.25, -0.2) is 18.4 Å². The lowest BCUT2D eigenvalue weighted by atomic mass is 9.98. The Hall–Kier alpha value is -4.26. The van der Waals surface area contributed by atoms with Gasteiger partial charge in [-0.1, -0.05) is 31.4 Å². The first-order valence-corrected chi connectivity index (χ1v) is 11.1. The topological polar surface area (TPSA) is 61.8 Å². The Labute approximate surface area is 208 Å². The molecule has 7 heteroatoms. The number of hydrogen-bond acceptors (Lipinski definition) is 5. The summed E-state index contributed by atoms with van der Waals surface area (Å²) < 4.78 is 45.4. The molecule has 0 saturated carbocycles. The van der Waals surface area contributed by atoms with Gasteiger partial charge in [-0.3, -0.25) is 0 Å². The second-order valence-corrected chi connectivity index (χ2v) is 8.25. The summed E-state index contributed by atoms with van der Waals surface area (Å²) in [6, 6.07) is 13.6. The molecule has 0 aliphatic heterocycles. The number of carbonyl (C=O) groups excluding carboxylic acids is 2. The fraction of sp³-hybridized carbons (Fsp3) is 0.172. The van der Waals surface area contributed by atoms with Gasteiger partial charge in [0.25, 0.3) is 0 Å². The van der Waals surface area contributed by atoms with Gasteiger partial charge in [0.1, 0.15) is 36.3 Å². The Morgan fingerprint density at radius 1 is 0.778 bits per heavy atom. The van der Waals surface area contributed by atoms with E-state index in [0.29, 0.717) is 28.0 Å². The maximum atomic E-state index is 15.0. The molecule has 0 radical (unpaired) electrons. The molecule has 0 atom stereocenters. The predicted molar refractivity (Wildman–Crippen MR) is 134 cm³/mol. The first kappa shape index (κ1) is 26.3. The number of halogens is 2. The summed E-state index contributed by atoms with van der Waals surface area (Å²) >= 11 is 0. The molecule has 0 spiro atoms. The fourth-order valence-corrected chi connectivity index (χ4v) is 3.29. The molecule has 3 aromatic carbocycles. The largest absolute Gasteiger partial charge is 0.490 e. The molecule has 186 valence electrons. The van der Waals surface area contributed by atoms with Crippen LogP contribution in [0.1, 0.15) is 19.4 Å². The van der Waals surface area contributed by atoms with E-state index in [1.807, 2.05) is 6.92 Å². The average molecular weight is 493 g/mol. The van der Waals surface area contributed by atoms with Crippen molar-refractivity contribution in [1.29, 1.82) is 0 Å². The summed E-state index contributed by atoms with van der Waals surface area (Å²) in [5.74, 6) is -1.70. The molecule has 0 bridgehead atoms. The van der Waals surface area contributed by atoms with Gasteiger partial charge in [-0.15, -0.1) is 0 Å². The van der Waals surface area contributed by atoms with Crippen LogP contribution in [0.25, 0.3) is 22.3 Å². The first-order chi connectivity index (χ1) is 17.1. The molecule has 0 amide bonds. The molecule has 0 fully saturated rings. The molecule has 0 heterocycles. The lowest BCUT2D eigenvalue weighted by molar-refractivity contribution is -0.139. The van der Waals surface area contributed by atoms with Crippen molar-refractivity contribution in [2.24, 2.45) is 0 Å². The van der Waals surface area contributed by atoms with Crippen LogP contribution in [0.2, 0.25) is 0 Å². The van der Waals surface area contributed by atoms with Crippen LogP contribution < -0.4 is 9.47 Å². The third-order valence-electron chi connectivity index (χ3n) is 5.19. The minimum Gasteiger partial charge on any atom is -0.490 e. The molecule has 36 heavy (non-hydrogen) atoms. The SMILES string of the molecule is C=C(C)C(=O)OCCOc1ccc(-c2ccc(-c3ccc(OC(=O)C(=C)C)cc3F)cc2F)cc1C. The molecular weight excluding hydrogens is 466 g/mol. The molecule has 0 aromatic heterocycles. The summed E-state index contributed by atoms with van der Waals surface area (Å²) in [4.78, 5) is 23.0. The number of hydrogen-bond donors (Lipinski definition) is 0. The van der Waals surface area contributed by atoms with Crippen molar-refractivity contribution >= 4 is 11.9 Å². The molecular formula is C29H26F2O5. The monoisotopic (exact) mass is 492 g/mol. The van der Waals surface area contributed by atoms with Crippen LogP contribution in [0, 0.1) is 18.6 Å². The van der Waals surface area contributed by atoms with E-state index in [4.69, 9.17) is 14.2 Å². The van der Waals surface area contributed by atoms with Crippen LogP contribution in [-0.2, 0) is 14.3 Å². The van der Waals surface area contributed by atoms with Crippen molar-refractivity contribution in [3.63, 3.8) is 0 Å². The van der Waals surface area contributed by atoms with Gasteiger partial charge in [0, 0.05) is 28.3 Å². The van der Waals surface area contributed by atoms with Gasteiger partial charge in [-0.2, -0.15) is 0 Å². The summed E-state index contributed by atoms with van der Waals surface area (Å²) in [6.07, 6.45) is 0. The number of rotatable bonds is 9. The summed E-state index contributed by atoms with van der Waals surface area (Å²) in [6.45, 7) is 12.1. The quantitative estimate of drug-likeness (QED) is 0.146. The Balaban J connectivity index is 1.73. The minimum atomic E-state index is -0.657. The summed E-state index contributed by atoms with van der Waals surface area (Å²) in [7, 11) is 0. The van der Waals surface area contributed by atoms with E-state index in [1.54, 1.807) is 37.3 Å². The predicted octanol–water partition coefficient (Wildman–Crippen LogP) is 6.59. The van der Waals surface area contributed by atoms with Crippen LogP contribution in [0.3, 0.4) is 0 Å². The van der Waals surface area contributed by atoms with E-state index in [0.717, 1.165) is 11.6 Å².